The summed E-state index contributed by atoms with van der Waals surface area (Å²) in [6.45, 7) is 4.24. The van der Waals surface area contributed by atoms with Crippen molar-refractivity contribution in [2.24, 2.45) is 0 Å². The quantitative estimate of drug-likeness (QED) is 0.859. The second-order valence-electron chi connectivity index (χ2n) is 4.80. The van der Waals surface area contributed by atoms with Crippen LogP contribution in [0.15, 0.2) is 18.2 Å². The minimum atomic E-state index is -0.00136. The van der Waals surface area contributed by atoms with Crippen molar-refractivity contribution in [1.29, 1.82) is 0 Å². The molecule has 1 aromatic rings. The first-order valence-corrected chi connectivity index (χ1v) is 7.04. The van der Waals surface area contributed by atoms with Crippen LogP contribution in [-0.2, 0) is 11.3 Å². The summed E-state index contributed by atoms with van der Waals surface area (Å²) in [6, 6.07) is 6.35. The highest BCUT2D eigenvalue weighted by Crippen LogP contribution is 2.24. The normalized spacial score (nSPS) is 19.8. The first kappa shape index (κ1) is 14.2. The van der Waals surface area contributed by atoms with E-state index in [4.69, 9.17) is 9.47 Å². The van der Waals surface area contributed by atoms with Gasteiger partial charge in [-0.05, 0) is 44.4 Å². The summed E-state index contributed by atoms with van der Waals surface area (Å²) >= 11 is 0. The van der Waals surface area contributed by atoms with E-state index >= 15 is 0 Å². The van der Waals surface area contributed by atoms with Gasteiger partial charge in [-0.15, -0.1) is 0 Å². The molecule has 1 heterocycles. The van der Waals surface area contributed by atoms with Gasteiger partial charge < -0.3 is 19.9 Å². The van der Waals surface area contributed by atoms with Crippen LogP contribution in [0.3, 0.4) is 0 Å². The molecule has 1 unspecified atom stereocenters. The molecule has 4 heteroatoms. The first-order chi connectivity index (χ1) is 9.33. The predicted octanol–water partition coefficient (Wildman–Crippen LogP) is 2.56. The van der Waals surface area contributed by atoms with Crippen molar-refractivity contribution in [1.82, 2.24) is 0 Å². The largest absolute Gasteiger partial charge is 0.494 e. The third-order valence-corrected chi connectivity index (χ3v) is 3.35. The highest BCUT2D eigenvalue weighted by atomic mass is 16.5. The molecule has 0 amide bonds. The average Bonchev–Trinajstić information content (AvgIpc) is 2.69. The summed E-state index contributed by atoms with van der Waals surface area (Å²) in [6.07, 6.45) is 3.25. The Morgan fingerprint density at radius 1 is 1.37 bits per heavy atom. The van der Waals surface area contributed by atoms with Gasteiger partial charge in [0.15, 0.2) is 0 Å². The lowest BCUT2D eigenvalue weighted by Crippen LogP contribution is -2.19. The van der Waals surface area contributed by atoms with Crippen LogP contribution in [0.2, 0.25) is 0 Å². The van der Waals surface area contributed by atoms with Gasteiger partial charge in [-0.1, -0.05) is 0 Å². The fraction of sp³-hybridized carbons (Fsp3) is 0.600. The molecule has 1 aromatic carbocycles. The number of benzene rings is 1. The van der Waals surface area contributed by atoms with E-state index in [2.05, 4.69) is 5.32 Å². The Labute approximate surface area is 114 Å². The molecule has 0 saturated carbocycles. The van der Waals surface area contributed by atoms with Crippen molar-refractivity contribution in [3.05, 3.63) is 23.8 Å². The van der Waals surface area contributed by atoms with Crippen LogP contribution < -0.4 is 10.1 Å². The van der Waals surface area contributed by atoms with E-state index in [-0.39, 0.29) is 6.61 Å². The summed E-state index contributed by atoms with van der Waals surface area (Å²) in [5.41, 5.74) is 1.87. The van der Waals surface area contributed by atoms with Gasteiger partial charge in [-0.25, -0.2) is 0 Å². The van der Waals surface area contributed by atoms with Crippen LogP contribution in [-0.4, -0.2) is 31.0 Å². The Morgan fingerprint density at radius 2 is 2.26 bits per heavy atom. The van der Waals surface area contributed by atoms with Gasteiger partial charge >= 0.3 is 0 Å². The van der Waals surface area contributed by atoms with Crippen LogP contribution in [0.5, 0.6) is 5.75 Å². The van der Waals surface area contributed by atoms with E-state index in [0.29, 0.717) is 12.6 Å². The molecular weight excluding hydrogens is 242 g/mol. The fourth-order valence-corrected chi connectivity index (χ4v) is 2.37. The van der Waals surface area contributed by atoms with Crippen molar-refractivity contribution >= 4 is 5.69 Å². The molecule has 2 rings (SSSR count). The summed E-state index contributed by atoms with van der Waals surface area (Å²) in [5, 5.41) is 12.9. The Bertz CT molecular complexity index is 387. The zero-order valence-corrected chi connectivity index (χ0v) is 11.5. The van der Waals surface area contributed by atoms with E-state index in [0.717, 1.165) is 49.5 Å². The Balaban J connectivity index is 2.03. The number of aliphatic hydroxyl groups is 1. The summed E-state index contributed by atoms with van der Waals surface area (Å²) < 4.78 is 10.9. The number of hydrogen-bond acceptors (Lipinski definition) is 4. The van der Waals surface area contributed by atoms with Gasteiger partial charge in [0.05, 0.1) is 13.2 Å². The molecule has 4 nitrogen and oxygen atoms in total. The number of nitrogens with one attached hydrogen (secondary N) is 1. The second-order valence-corrected chi connectivity index (χ2v) is 4.80. The lowest BCUT2D eigenvalue weighted by atomic mass is 10.1. The third kappa shape index (κ3) is 4.11. The molecule has 2 N–H and O–H groups in total. The van der Waals surface area contributed by atoms with E-state index in [1.54, 1.807) is 0 Å². The van der Waals surface area contributed by atoms with Gasteiger partial charge in [0.25, 0.3) is 0 Å². The maximum Gasteiger partial charge on any atom is 0.124 e. The van der Waals surface area contributed by atoms with E-state index < -0.39 is 0 Å². The Kier molecular flexibility index (Phi) is 5.48. The highest BCUT2D eigenvalue weighted by molar-refractivity contribution is 5.51. The van der Waals surface area contributed by atoms with Crippen LogP contribution in [0.4, 0.5) is 5.69 Å². The van der Waals surface area contributed by atoms with Gasteiger partial charge in [-0.3, -0.25) is 0 Å². The molecular formula is C15H23NO3. The van der Waals surface area contributed by atoms with E-state index in [9.17, 15) is 5.11 Å². The Morgan fingerprint density at radius 3 is 3.05 bits per heavy atom. The van der Waals surface area contributed by atoms with Gasteiger partial charge in [0, 0.05) is 30.5 Å². The van der Waals surface area contributed by atoms with Crippen molar-refractivity contribution in [2.45, 2.75) is 38.8 Å². The standard InChI is InChI=1S/C15H23NO3/c1-2-19-15-6-5-14(10-12(15)11-17)16-13-4-3-8-18-9-7-13/h5-6,10,13,16-17H,2-4,7-9,11H2,1H3. The molecule has 1 saturated heterocycles. The lowest BCUT2D eigenvalue weighted by Gasteiger charge is -2.18. The molecule has 0 spiro atoms. The van der Waals surface area contributed by atoms with Crippen molar-refractivity contribution < 1.29 is 14.6 Å². The molecule has 1 atom stereocenters. The van der Waals surface area contributed by atoms with Crippen molar-refractivity contribution in [3.8, 4) is 5.75 Å². The number of hydrogen-bond donors (Lipinski definition) is 2. The summed E-state index contributed by atoms with van der Waals surface area (Å²) in [5.74, 6) is 0.764. The zero-order valence-electron chi connectivity index (χ0n) is 11.5. The van der Waals surface area contributed by atoms with Crippen LogP contribution in [0.25, 0.3) is 0 Å². The third-order valence-electron chi connectivity index (χ3n) is 3.35. The number of ether oxygens (including phenoxy) is 2. The van der Waals surface area contributed by atoms with Crippen LogP contribution in [0.1, 0.15) is 31.7 Å². The molecule has 0 aliphatic carbocycles. The monoisotopic (exact) mass is 265 g/mol. The fourth-order valence-electron chi connectivity index (χ4n) is 2.37. The molecule has 0 aromatic heterocycles. The van der Waals surface area contributed by atoms with Crippen LogP contribution in [0, 0.1) is 0 Å². The average molecular weight is 265 g/mol. The smallest absolute Gasteiger partial charge is 0.124 e. The molecule has 1 aliphatic heterocycles. The number of rotatable bonds is 5. The highest BCUT2D eigenvalue weighted by Gasteiger charge is 2.13. The van der Waals surface area contributed by atoms with Crippen molar-refractivity contribution in [3.63, 3.8) is 0 Å². The molecule has 0 radical (unpaired) electrons. The van der Waals surface area contributed by atoms with Gasteiger partial charge in [-0.2, -0.15) is 0 Å². The van der Waals surface area contributed by atoms with Crippen molar-refractivity contribution in [2.75, 3.05) is 25.1 Å². The van der Waals surface area contributed by atoms with E-state index in [1.807, 2.05) is 25.1 Å². The summed E-state index contributed by atoms with van der Waals surface area (Å²) in [4.78, 5) is 0. The lowest BCUT2D eigenvalue weighted by molar-refractivity contribution is 0.144. The Hall–Kier alpha value is -1.26. The van der Waals surface area contributed by atoms with Gasteiger partial charge in [0.2, 0.25) is 0 Å². The summed E-state index contributed by atoms with van der Waals surface area (Å²) in [7, 11) is 0. The zero-order chi connectivity index (χ0) is 13.5. The minimum absolute atomic E-state index is 0.00136. The molecule has 19 heavy (non-hydrogen) atoms. The molecule has 0 bridgehead atoms. The number of aliphatic hydroxyl groups excluding tert-OH is 1. The minimum Gasteiger partial charge on any atom is -0.494 e. The topological polar surface area (TPSA) is 50.7 Å². The SMILES string of the molecule is CCOc1ccc(NC2CCCOCC2)cc1CO. The van der Waals surface area contributed by atoms with E-state index in [1.165, 1.54) is 0 Å². The predicted molar refractivity (Wildman–Crippen MR) is 75.6 cm³/mol. The van der Waals surface area contributed by atoms with Gasteiger partial charge in [0.1, 0.15) is 5.75 Å². The molecule has 106 valence electrons. The second kappa shape index (κ2) is 7.36. The molecule has 1 fully saturated rings. The maximum atomic E-state index is 9.39. The molecule has 1 aliphatic rings. The maximum absolute atomic E-state index is 9.39. The first-order valence-electron chi connectivity index (χ1n) is 7.04. The number of anilines is 1. The van der Waals surface area contributed by atoms with Crippen LogP contribution >= 0.6 is 0 Å².